The van der Waals surface area contributed by atoms with E-state index in [9.17, 15) is 21.9 Å². The molecule has 2 aromatic carbocycles. The summed E-state index contributed by atoms with van der Waals surface area (Å²) in [6.45, 7) is 4.34. The molecular weight excluding hydrogens is 526 g/mol. The van der Waals surface area contributed by atoms with Gasteiger partial charge in [0.2, 0.25) is 20.0 Å². The smallest absolute Gasteiger partial charge is 0.243 e. The Labute approximate surface area is 227 Å². The van der Waals surface area contributed by atoms with Crippen molar-refractivity contribution in [3.63, 3.8) is 0 Å². The first kappa shape index (κ1) is 30.4. The highest BCUT2D eigenvalue weighted by atomic mass is 32.2. The van der Waals surface area contributed by atoms with Crippen LogP contribution in [-0.2, 0) is 20.0 Å². The van der Waals surface area contributed by atoms with Crippen molar-refractivity contribution in [3.05, 3.63) is 48.5 Å². The summed E-state index contributed by atoms with van der Waals surface area (Å²) < 4.78 is 61.7. The number of hydrogen-bond acceptors (Lipinski definition) is 7. The van der Waals surface area contributed by atoms with Gasteiger partial charge in [-0.15, -0.1) is 0 Å². The van der Waals surface area contributed by atoms with E-state index in [1.54, 1.807) is 24.3 Å². The molecule has 0 heterocycles. The monoisotopic (exact) mass is 567 g/mol. The predicted octanol–water partition coefficient (Wildman–Crippen LogP) is 3.56. The summed E-state index contributed by atoms with van der Waals surface area (Å²) in [5.74, 6) is 0.831. The lowest BCUT2D eigenvalue weighted by Gasteiger charge is -2.29. The van der Waals surface area contributed by atoms with Crippen molar-refractivity contribution in [1.29, 1.82) is 0 Å². The number of nitrogens with zero attached hydrogens (tertiary/aromatic N) is 2. The van der Waals surface area contributed by atoms with Gasteiger partial charge in [0.15, 0.2) is 0 Å². The van der Waals surface area contributed by atoms with Crippen LogP contribution in [0.25, 0.3) is 0 Å². The first-order chi connectivity index (χ1) is 17.9. The Balaban J connectivity index is 1.76. The molecule has 11 heteroatoms. The van der Waals surface area contributed by atoms with Crippen LogP contribution in [0.15, 0.2) is 58.3 Å². The van der Waals surface area contributed by atoms with E-state index < -0.39 is 26.2 Å². The van der Waals surface area contributed by atoms with E-state index in [-0.39, 0.29) is 47.7 Å². The van der Waals surface area contributed by atoms with E-state index in [2.05, 4.69) is 0 Å². The van der Waals surface area contributed by atoms with Gasteiger partial charge < -0.3 is 15.6 Å². The molecule has 1 saturated carbocycles. The predicted molar refractivity (Wildman–Crippen MR) is 149 cm³/mol. The zero-order valence-electron chi connectivity index (χ0n) is 22.5. The molecule has 1 aliphatic rings. The summed E-state index contributed by atoms with van der Waals surface area (Å²) in [5.41, 5.74) is 6.21. The fourth-order valence-corrected chi connectivity index (χ4v) is 8.04. The molecule has 0 aromatic heterocycles. The summed E-state index contributed by atoms with van der Waals surface area (Å²) >= 11 is 0. The maximum absolute atomic E-state index is 13.5. The van der Waals surface area contributed by atoms with Crippen molar-refractivity contribution >= 4 is 25.7 Å². The number of methoxy groups -OCH3 is 1. The van der Waals surface area contributed by atoms with Gasteiger partial charge in [-0.25, -0.2) is 16.8 Å². The van der Waals surface area contributed by atoms with Gasteiger partial charge in [-0.2, -0.15) is 8.61 Å². The second-order valence-electron chi connectivity index (χ2n) is 10.4. The molecule has 0 aliphatic heterocycles. The van der Waals surface area contributed by atoms with E-state index in [1.807, 2.05) is 13.8 Å². The number of anilines is 1. The van der Waals surface area contributed by atoms with Crippen molar-refractivity contribution in [2.75, 3.05) is 39.0 Å². The molecule has 1 fully saturated rings. The molecule has 0 spiro atoms. The molecule has 1 atom stereocenters. The van der Waals surface area contributed by atoms with E-state index in [1.165, 1.54) is 40.0 Å². The minimum Gasteiger partial charge on any atom is -0.497 e. The van der Waals surface area contributed by atoms with Crippen LogP contribution < -0.4 is 10.5 Å². The third-order valence-electron chi connectivity index (χ3n) is 6.82. The first-order valence-electron chi connectivity index (χ1n) is 13.1. The fraction of sp³-hybridized carbons (Fsp3) is 0.556. The Morgan fingerprint density at radius 3 is 2.16 bits per heavy atom. The topological polar surface area (TPSA) is 130 Å². The number of hydrogen-bond donors (Lipinski definition) is 2. The number of benzene rings is 2. The standard InChI is InChI=1S/C27H41N3O6S2/c1-21(2)18-30(37(32,33)26-13-11-25(36-3)12-14-26)20-24(31)15-16-29(19-22-7-4-5-8-22)38(34,35)27-10-6-9-23(28)17-27/h6,9-14,17,21-22,24,31H,4-5,7-8,15-16,18-20,28H2,1-3H3/t24-/m0/s1. The van der Waals surface area contributed by atoms with E-state index in [0.29, 0.717) is 18.0 Å². The van der Waals surface area contributed by atoms with E-state index >= 15 is 0 Å². The van der Waals surface area contributed by atoms with Gasteiger partial charge in [0.25, 0.3) is 0 Å². The molecule has 3 N–H and O–H groups in total. The van der Waals surface area contributed by atoms with Crippen LogP contribution in [0.4, 0.5) is 5.69 Å². The van der Waals surface area contributed by atoms with Crippen molar-refractivity contribution in [1.82, 2.24) is 8.61 Å². The van der Waals surface area contributed by atoms with Crippen molar-refractivity contribution < 1.29 is 26.7 Å². The zero-order chi connectivity index (χ0) is 27.9. The molecule has 212 valence electrons. The molecular formula is C27H41N3O6S2. The molecule has 3 rings (SSSR count). The summed E-state index contributed by atoms with van der Waals surface area (Å²) in [4.78, 5) is 0.228. The van der Waals surface area contributed by atoms with E-state index in [0.717, 1.165) is 25.7 Å². The van der Waals surface area contributed by atoms with Crippen molar-refractivity contribution in [2.45, 2.75) is 61.8 Å². The van der Waals surface area contributed by atoms with Crippen LogP contribution in [0, 0.1) is 11.8 Å². The number of rotatable bonds is 14. The van der Waals surface area contributed by atoms with Crippen LogP contribution in [0.3, 0.4) is 0 Å². The molecule has 0 radical (unpaired) electrons. The number of nitrogen functional groups attached to an aromatic ring is 1. The van der Waals surface area contributed by atoms with Crippen LogP contribution in [0.5, 0.6) is 5.75 Å². The third kappa shape index (κ3) is 7.92. The summed E-state index contributed by atoms with van der Waals surface area (Å²) in [7, 11) is -6.20. The Morgan fingerprint density at radius 1 is 0.947 bits per heavy atom. The van der Waals surface area contributed by atoms with Gasteiger partial charge in [-0.05, 0) is 73.6 Å². The lowest BCUT2D eigenvalue weighted by atomic mass is 10.1. The Kier molecular flexibility index (Phi) is 10.6. The maximum atomic E-state index is 13.5. The second-order valence-corrected chi connectivity index (χ2v) is 14.3. The highest BCUT2D eigenvalue weighted by Crippen LogP contribution is 2.29. The Hall–Kier alpha value is -2.18. The fourth-order valence-electron chi connectivity index (χ4n) is 4.81. The van der Waals surface area contributed by atoms with Crippen LogP contribution >= 0.6 is 0 Å². The van der Waals surface area contributed by atoms with Crippen LogP contribution in [0.2, 0.25) is 0 Å². The van der Waals surface area contributed by atoms with Gasteiger partial charge >= 0.3 is 0 Å². The number of aliphatic hydroxyl groups excluding tert-OH is 1. The highest BCUT2D eigenvalue weighted by molar-refractivity contribution is 7.89. The molecule has 0 unspecified atom stereocenters. The van der Waals surface area contributed by atoms with Crippen molar-refractivity contribution in [2.24, 2.45) is 11.8 Å². The molecule has 1 aliphatic carbocycles. The lowest BCUT2D eigenvalue weighted by Crippen LogP contribution is -2.42. The summed E-state index contributed by atoms with van der Waals surface area (Å²) in [6, 6.07) is 12.3. The minimum absolute atomic E-state index is 0.0259. The summed E-state index contributed by atoms with van der Waals surface area (Å²) in [6.07, 6.45) is 3.13. The van der Waals surface area contributed by atoms with Crippen LogP contribution in [0.1, 0.15) is 46.0 Å². The number of ether oxygens (including phenoxy) is 1. The molecule has 0 saturated heterocycles. The molecule has 38 heavy (non-hydrogen) atoms. The first-order valence-corrected chi connectivity index (χ1v) is 16.0. The quantitative estimate of drug-likeness (QED) is 0.334. The average molecular weight is 568 g/mol. The number of aliphatic hydroxyl groups is 1. The van der Waals surface area contributed by atoms with Gasteiger partial charge in [0.05, 0.1) is 23.0 Å². The Bertz CT molecular complexity index is 1240. The van der Waals surface area contributed by atoms with Gasteiger partial charge in [0, 0.05) is 31.9 Å². The third-order valence-corrected chi connectivity index (χ3v) is 10.5. The Morgan fingerprint density at radius 2 is 1.58 bits per heavy atom. The van der Waals surface area contributed by atoms with E-state index in [4.69, 9.17) is 10.5 Å². The normalized spacial score (nSPS) is 16.0. The second kappa shape index (κ2) is 13.3. The molecule has 9 nitrogen and oxygen atoms in total. The largest absolute Gasteiger partial charge is 0.497 e. The van der Waals surface area contributed by atoms with Gasteiger partial charge in [-0.1, -0.05) is 32.8 Å². The zero-order valence-corrected chi connectivity index (χ0v) is 24.1. The van der Waals surface area contributed by atoms with Gasteiger partial charge in [0.1, 0.15) is 5.75 Å². The van der Waals surface area contributed by atoms with Crippen LogP contribution in [-0.4, -0.2) is 69.9 Å². The molecule has 2 aromatic rings. The van der Waals surface area contributed by atoms with Gasteiger partial charge in [-0.3, -0.25) is 0 Å². The molecule has 0 amide bonds. The lowest BCUT2D eigenvalue weighted by molar-refractivity contribution is 0.125. The SMILES string of the molecule is COc1ccc(S(=O)(=O)N(CC(C)C)C[C@@H](O)CCN(CC2CCCC2)S(=O)(=O)c2cccc(N)c2)cc1. The molecule has 0 bridgehead atoms. The highest BCUT2D eigenvalue weighted by Gasteiger charge is 2.31. The minimum atomic E-state index is -3.88. The number of sulfonamides is 2. The maximum Gasteiger partial charge on any atom is 0.243 e. The number of nitrogens with two attached hydrogens (primary N) is 1. The van der Waals surface area contributed by atoms with Crippen molar-refractivity contribution in [3.8, 4) is 5.75 Å². The average Bonchev–Trinajstić information content (AvgIpc) is 3.39. The summed E-state index contributed by atoms with van der Waals surface area (Å²) in [5, 5.41) is 10.9.